The van der Waals surface area contributed by atoms with Crippen LogP contribution in [-0.2, 0) is 0 Å². The zero-order valence-electron chi connectivity index (χ0n) is 8.11. The molecule has 0 radical (unpaired) electrons. The van der Waals surface area contributed by atoms with E-state index in [9.17, 15) is 4.79 Å². The second kappa shape index (κ2) is 7.18. The minimum Gasteiger partial charge on any atom is -0.558 e. The molecule has 0 amide bonds. The zero-order chi connectivity index (χ0) is 10.7. The van der Waals surface area contributed by atoms with E-state index in [-0.39, 0.29) is 24.6 Å². The van der Waals surface area contributed by atoms with Crippen molar-refractivity contribution in [2.45, 2.75) is 6.42 Å². The van der Waals surface area contributed by atoms with E-state index in [1.165, 1.54) is 12.1 Å². The van der Waals surface area contributed by atoms with Gasteiger partial charge in [0.1, 0.15) is 0 Å². The first-order chi connectivity index (χ1) is 6.56. The first-order valence-electron chi connectivity index (χ1n) is 3.88. The van der Waals surface area contributed by atoms with Crippen molar-refractivity contribution in [3.05, 3.63) is 32.8 Å². The Kier molecular flexibility index (Phi) is 7.56. The van der Waals surface area contributed by atoms with Crippen molar-refractivity contribution in [3.63, 3.8) is 0 Å². The van der Waals surface area contributed by atoms with E-state index in [4.69, 9.17) is 34.8 Å². The molecule has 0 fully saturated rings. The van der Waals surface area contributed by atoms with Crippen molar-refractivity contribution >= 4 is 49.8 Å². The molecule has 0 unspecified atom stereocenters. The van der Waals surface area contributed by atoms with E-state index >= 15 is 0 Å². The molecule has 0 saturated carbocycles. The molecule has 0 heterocycles. The standard InChI is InChI=1S/C9H7Cl3OP.Li/c10-5-3-6(11)9(7(12)4-5)8(13)1-2-14;/h3-4,14H,1-2H2;/q-1;+1. The smallest absolute Gasteiger partial charge is 0.558 e. The summed E-state index contributed by atoms with van der Waals surface area (Å²) in [5.74, 6) is -0.0910. The molecule has 0 aliphatic rings. The molecule has 0 aliphatic carbocycles. The van der Waals surface area contributed by atoms with Gasteiger partial charge in [-0.05, 0) is 18.6 Å². The Morgan fingerprint density at radius 3 is 2.07 bits per heavy atom. The molecule has 0 atom stereocenters. The fourth-order valence-corrected chi connectivity index (χ4v) is 2.30. The van der Waals surface area contributed by atoms with Crippen molar-refractivity contribution in [1.29, 1.82) is 0 Å². The van der Waals surface area contributed by atoms with Gasteiger partial charge >= 0.3 is 18.9 Å². The van der Waals surface area contributed by atoms with Crippen molar-refractivity contribution < 1.29 is 23.7 Å². The first kappa shape index (κ1) is 15.8. The summed E-state index contributed by atoms with van der Waals surface area (Å²) in [7, 11) is 3.22. The molecular weight excluding hydrogens is 268 g/mol. The summed E-state index contributed by atoms with van der Waals surface area (Å²) >= 11 is 17.4. The van der Waals surface area contributed by atoms with Gasteiger partial charge < -0.3 is 9.24 Å². The van der Waals surface area contributed by atoms with E-state index in [0.717, 1.165) is 0 Å². The molecule has 0 N–H and O–H groups in total. The largest absolute Gasteiger partial charge is 1.00 e. The Labute approximate surface area is 118 Å². The second-order valence-electron chi connectivity index (χ2n) is 2.67. The normalized spacial score (nSPS) is 9.60. The number of carbonyl (C=O) groups excluding carboxylic acids is 1. The number of hydrogen-bond donors (Lipinski definition) is 0. The van der Waals surface area contributed by atoms with Gasteiger partial charge in [0.25, 0.3) is 0 Å². The summed E-state index contributed by atoms with van der Waals surface area (Å²) in [5, 5.41) is 1.02. The SMILES string of the molecule is O=C(CC[PH-])c1c(Cl)cc(Cl)cc1Cl.[Li+]. The van der Waals surface area contributed by atoms with E-state index < -0.39 is 0 Å². The topological polar surface area (TPSA) is 17.1 Å². The molecule has 0 aromatic heterocycles. The average molecular weight is 275 g/mol. The van der Waals surface area contributed by atoms with Crippen LogP contribution in [0.3, 0.4) is 0 Å². The number of ketones is 1. The number of carbonyl (C=O) groups is 1. The number of halogens is 3. The maximum atomic E-state index is 11.6. The Balaban J connectivity index is 0.00000196. The van der Waals surface area contributed by atoms with Crippen LogP contribution in [0.5, 0.6) is 0 Å². The summed E-state index contributed by atoms with van der Waals surface area (Å²) in [6.07, 6.45) is 0.937. The second-order valence-corrected chi connectivity index (χ2v) is 4.42. The summed E-state index contributed by atoms with van der Waals surface area (Å²) in [6, 6.07) is 3.02. The summed E-state index contributed by atoms with van der Waals surface area (Å²) in [6.45, 7) is 0. The van der Waals surface area contributed by atoms with Crippen LogP contribution in [-0.4, -0.2) is 11.9 Å². The van der Waals surface area contributed by atoms with Crippen LogP contribution in [0.1, 0.15) is 16.8 Å². The van der Waals surface area contributed by atoms with Gasteiger partial charge in [0.2, 0.25) is 0 Å². The molecule has 76 valence electrons. The number of hydrogen-bond acceptors (Lipinski definition) is 1. The van der Waals surface area contributed by atoms with Gasteiger partial charge in [-0.15, -0.1) is 0 Å². The maximum Gasteiger partial charge on any atom is 1.00 e. The monoisotopic (exact) mass is 274 g/mol. The first-order valence-corrected chi connectivity index (χ1v) is 5.72. The van der Waals surface area contributed by atoms with Gasteiger partial charge in [-0.1, -0.05) is 34.8 Å². The molecule has 0 saturated heterocycles. The van der Waals surface area contributed by atoms with Crippen molar-refractivity contribution in [2.24, 2.45) is 0 Å². The third kappa shape index (κ3) is 4.27. The third-order valence-corrected chi connectivity index (χ3v) is 2.70. The zero-order valence-corrected chi connectivity index (χ0v) is 11.4. The van der Waals surface area contributed by atoms with Gasteiger partial charge in [-0.25, -0.2) is 0 Å². The number of Topliss-reactive ketones (excluding diaryl/α,β-unsaturated/α-hetero) is 1. The number of benzene rings is 1. The van der Waals surface area contributed by atoms with E-state index in [0.29, 0.717) is 33.2 Å². The van der Waals surface area contributed by atoms with Gasteiger partial charge in [0, 0.05) is 5.02 Å². The third-order valence-electron chi connectivity index (χ3n) is 1.64. The molecule has 1 nitrogen and oxygen atoms in total. The van der Waals surface area contributed by atoms with Gasteiger partial charge in [-0.2, -0.15) is 6.16 Å². The van der Waals surface area contributed by atoms with Crippen LogP contribution in [0.15, 0.2) is 12.1 Å². The van der Waals surface area contributed by atoms with Crippen LogP contribution in [0.25, 0.3) is 0 Å². The van der Waals surface area contributed by atoms with E-state index in [1.54, 1.807) is 0 Å². The van der Waals surface area contributed by atoms with Crippen molar-refractivity contribution in [3.8, 4) is 0 Å². The van der Waals surface area contributed by atoms with Gasteiger partial charge in [0.05, 0.1) is 15.6 Å². The van der Waals surface area contributed by atoms with Crippen LogP contribution in [0, 0.1) is 0 Å². The van der Waals surface area contributed by atoms with Crippen LogP contribution in [0.2, 0.25) is 15.1 Å². The summed E-state index contributed by atoms with van der Waals surface area (Å²) in [5.41, 5.74) is 0.344. The number of rotatable bonds is 3. The Bertz CT molecular complexity index is 347. The predicted molar refractivity (Wildman–Crippen MR) is 63.6 cm³/mol. The van der Waals surface area contributed by atoms with E-state index in [2.05, 4.69) is 9.24 Å². The van der Waals surface area contributed by atoms with Crippen LogP contribution >= 0.6 is 44.0 Å². The Morgan fingerprint density at radius 1 is 1.20 bits per heavy atom. The molecule has 1 aromatic carbocycles. The van der Waals surface area contributed by atoms with Crippen LogP contribution < -0.4 is 18.9 Å². The summed E-state index contributed by atoms with van der Waals surface area (Å²) in [4.78, 5) is 11.6. The fourth-order valence-electron chi connectivity index (χ4n) is 1.05. The molecule has 1 rings (SSSR count). The fraction of sp³-hybridized carbons (Fsp3) is 0.222. The predicted octanol–water partition coefficient (Wildman–Crippen LogP) is 1.37. The molecular formula is C9H7Cl3LiOP. The van der Waals surface area contributed by atoms with Crippen LogP contribution in [0.4, 0.5) is 0 Å². The molecule has 1 aromatic rings. The minimum absolute atomic E-state index is 0. The molecule has 6 heteroatoms. The maximum absolute atomic E-state index is 11.6. The molecule has 0 bridgehead atoms. The van der Waals surface area contributed by atoms with Crippen molar-refractivity contribution in [1.82, 2.24) is 0 Å². The van der Waals surface area contributed by atoms with Crippen molar-refractivity contribution in [2.75, 3.05) is 6.16 Å². The Hall–Kier alpha value is 0.787. The van der Waals surface area contributed by atoms with E-state index in [1.807, 2.05) is 0 Å². The molecule has 0 spiro atoms. The Morgan fingerprint density at radius 2 is 1.67 bits per heavy atom. The molecule has 0 aliphatic heterocycles. The van der Waals surface area contributed by atoms with Gasteiger partial charge in [0.15, 0.2) is 5.78 Å². The average Bonchev–Trinajstić information content (AvgIpc) is 2.01. The van der Waals surface area contributed by atoms with Gasteiger partial charge in [-0.3, -0.25) is 4.79 Å². The minimum atomic E-state index is -0.0910. The molecule has 15 heavy (non-hydrogen) atoms. The summed E-state index contributed by atoms with van der Waals surface area (Å²) < 4.78 is 0. The quantitative estimate of drug-likeness (QED) is 0.462.